The normalized spacial score (nSPS) is 24.4. The molecule has 0 aliphatic heterocycles. The Morgan fingerprint density at radius 2 is 2.14 bits per heavy atom. The highest BCUT2D eigenvalue weighted by molar-refractivity contribution is 7.10. The lowest BCUT2D eigenvalue weighted by Crippen LogP contribution is -2.35. The lowest BCUT2D eigenvalue weighted by molar-refractivity contribution is -0.0518. The molecule has 2 nitrogen and oxygen atoms in total. The van der Waals surface area contributed by atoms with Crippen LogP contribution < -0.4 is 5.32 Å². The fourth-order valence-electron chi connectivity index (χ4n) is 3.47. The number of alkyl halides is 2. The number of aryl methyl sites for hydroxylation is 1. The van der Waals surface area contributed by atoms with Crippen LogP contribution in [-0.4, -0.2) is 18.4 Å². The van der Waals surface area contributed by atoms with E-state index in [1.54, 1.807) is 11.3 Å². The third-order valence-electron chi connectivity index (χ3n) is 4.60. The average molecular weight is 313 g/mol. The molecule has 1 N–H and O–H groups in total. The number of rotatable bonds is 3. The van der Waals surface area contributed by atoms with Crippen LogP contribution in [0.3, 0.4) is 0 Å². The number of fused-ring (bicyclic) bond motifs is 1. The van der Waals surface area contributed by atoms with Crippen LogP contribution in [0.1, 0.15) is 59.3 Å². The predicted octanol–water partition coefficient (Wildman–Crippen LogP) is 4.18. The first-order valence-corrected chi connectivity index (χ1v) is 8.68. The molecule has 1 atom stereocenters. The summed E-state index contributed by atoms with van der Waals surface area (Å²) in [4.78, 5) is 13.6. The van der Waals surface area contributed by atoms with Crippen molar-refractivity contribution in [1.82, 2.24) is 5.32 Å². The van der Waals surface area contributed by atoms with E-state index >= 15 is 0 Å². The van der Waals surface area contributed by atoms with Crippen LogP contribution in [0, 0.1) is 5.92 Å². The number of nitrogens with one attached hydrogen (secondary N) is 1. The summed E-state index contributed by atoms with van der Waals surface area (Å²) in [6.45, 7) is 0.374. The van der Waals surface area contributed by atoms with Gasteiger partial charge < -0.3 is 5.32 Å². The molecule has 1 amide bonds. The minimum absolute atomic E-state index is 0.00448. The second kappa shape index (κ2) is 6.03. The molecule has 2 aliphatic carbocycles. The topological polar surface area (TPSA) is 29.1 Å². The van der Waals surface area contributed by atoms with Crippen molar-refractivity contribution in [3.05, 3.63) is 21.4 Å². The number of carbonyl (C=O) groups is 1. The zero-order chi connectivity index (χ0) is 14.9. The summed E-state index contributed by atoms with van der Waals surface area (Å²) in [5.41, 5.74) is 1.97. The molecule has 116 valence electrons. The summed E-state index contributed by atoms with van der Waals surface area (Å²) >= 11 is 1.66. The number of thiophene rings is 1. The van der Waals surface area contributed by atoms with Gasteiger partial charge in [0.2, 0.25) is 5.92 Å². The van der Waals surface area contributed by atoms with Crippen molar-refractivity contribution in [2.45, 2.75) is 57.3 Å². The molecule has 1 aromatic rings. The molecule has 3 rings (SSSR count). The maximum atomic E-state index is 13.4. The first kappa shape index (κ1) is 14.9. The van der Waals surface area contributed by atoms with Gasteiger partial charge in [-0.25, -0.2) is 8.78 Å². The minimum atomic E-state index is -2.55. The Kier molecular flexibility index (Phi) is 4.29. The Balaban J connectivity index is 1.58. The van der Waals surface area contributed by atoms with Gasteiger partial charge in [0.25, 0.3) is 5.91 Å². The minimum Gasteiger partial charge on any atom is -0.352 e. The molecule has 1 saturated carbocycles. The summed E-state index contributed by atoms with van der Waals surface area (Å²) in [5, 5.41) is 4.81. The van der Waals surface area contributed by atoms with Gasteiger partial charge in [0.05, 0.1) is 5.56 Å². The molecule has 5 heteroatoms. The van der Waals surface area contributed by atoms with Gasteiger partial charge in [-0.05, 0) is 50.0 Å². The number of hydrogen-bond acceptors (Lipinski definition) is 2. The van der Waals surface area contributed by atoms with Crippen molar-refractivity contribution in [2.24, 2.45) is 5.92 Å². The van der Waals surface area contributed by atoms with E-state index in [9.17, 15) is 13.6 Å². The van der Waals surface area contributed by atoms with Gasteiger partial charge in [0.15, 0.2) is 0 Å². The van der Waals surface area contributed by atoms with Gasteiger partial charge >= 0.3 is 0 Å². The van der Waals surface area contributed by atoms with E-state index in [1.807, 2.05) is 5.38 Å². The van der Waals surface area contributed by atoms with E-state index in [1.165, 1.54) is 16.9 Å². The maximum absolute atomic E-state index is 13.4. The Bertz CT molecular complexity index is 526. The van der Waals surface area contributed by atoms with Crippen LogP contribution in [0.2, 0.25) is 0 Å². The Labute approximate surface area is 127 Å². The van der Waals surface area contributed by atoms with E-state index in [-0.39, 0.29) is 24.7 Å². The molecule has 0 saturated heterocycles. The monoisotopic (exact) mass is 313 g/mol. The van der Waals surface area contributed by atoms with Crippen molar-refractivity contribution in [2.75, 3.05) is 6.54 Å². The Morgan fingerprint density at radius 3 is 2.95 bits per heavy atom. The third kappa shape index (κ3) is 3.44. The molecule has 21 heavy (non-hydrogen) atoms. The maximum Gasteiger partial charge on any atom is 0.252 e. The van der Waals surface area contributed by atoms with E-state index in [0.717, 1.165) is 31.2 Å². The molecule has 1 fully saturated rings. The van der Waals surface area contributed by atoms with Crippen LogP contribution in [0.4, 0.5) is 8.78 Å². The molecular weight excluding hydrogens is 292 g/mol. The van der Waals surface area contributed by atoms with Crippen LogP contribution in [0.15, 0.2) is 5.38 Å². The SMILES string of the molecule is O=C(NC[C@H]1CCCC(F)(F)C1)c1csc2c1CCCC2. The molecule has 1 aromatic heterocycles. The lowest BCUT2D eigenvalue weighted by Gasteiger charge is -2.28. The molecule has 0 spiro atoms. The summed E-state index contributed by atoms with van der Waals surface area (Å²) in [7, 11) is 0. The summed E-state index contributed by atoms with van der Waals surface area (Å²) in [6.07, 6.45) is 5.64. The van der Waals surface area contributed by atoms with Gasteiger partial charge in [-0.3, -0.25) is 4.79 Å². The molecule has 0 bridgehead atoms. The van der Waals surface area contributed by atoms with Crippen molar-refractivity contribution in [1.29, 1.82) is 0 Å². The van der Waals surface area contributed by atoms with Crippen LogP contribution in [0.5, 0.6) is 0 Å². The average Bonchev–Trinajstić information content (AvgIpc) is 2.88. The quantitative estimate of drug-likeness (QED) is 0.891. The third-order valence-corrected chi connectivity index (χ3v) is 5.69. The number of halogens is 2. The first-order valence-electron chi connectivity index (χ1n) is 7.80. The van der Waals surface area contributed by atoms with E-state index in [4.69, 9.17) is 0 Å². The Hall–Kier alpha value is -0.970. The highest BCUT2D eigenvalue weighted by atomic mass is 32.1. The zero-order valence-electron chi connectivity index (χ0n) is 12.1. The number of amides is 1. The van der Waals surface area contributed by atoms with Crippen molar-refractivity contribution >= 4 is 17.2 Å². The smallest absolute Gasteiger partial charge is 0.252 e. The van der Waals surface area contributed by atoms with E-state index in [0.29, 0.717) is 13.0 Å². The highest BCUT2D eigenvalue weighted by Gasteiger charge is 2.36. The van der Waals surface area contributed by atoms with Gasteiger partial charge in [-0.15, -0.1) is 11.3 Å². The Morgan fingerprint density at radius 1 is 1.33 bits per heavy atom. The first-order chi connectivity index (χ1) is 10.1. The van der Waals surface area contributed by atoms with E-state index in [2.05, 4.69) is 5.32 Å². The second-order valence-corrected chi connectivity index (χ2v) is 7.25. The number of hydrogen-bond donors (Lipinski definition) is 1. The van der Waals surface area contributed by atoms with E-state index < -0.39 is 5.92 Å². The molecule has 0 radical (unpaired) electrons. The van der Waals surface area contributed by atoms with Crippen LogP contribution in [-0.2, 0) is 12.8 Å². The van der Waals surface area contributed by atoms with Crippen molar-refractivity contribution in [3.8, 4) is 0 Å². The molecule has 0 unspecified atom stereocenters. The predicted molar refractivity (Wildman–Crippen MR) is 80.2 cm³/mol. The standard InChI is InChI=1S/C16H21F2NOS/c17-16(18)7-3-4-11(8-16)9-19-15(20)13-10-21-14-6-2-1-5-12(13)14/h10-11H,1-9H2,(H,19,20)/t11-/m0/s1. The summed E-state index contributed by atoms with van der Waals surface area (Å²) in [6, 6.07) is 0. The summed E-state index contributed by atoms with van der Waals surface area (Å²) in [5.74, 6) is -2.72. The fourth-order valence-corrected chi connectivity index (χ4v) is 4.59. The lowest BCUT2D eigenvalue weighted by atomic mass is 9.86. The highest BCUT2D eigenvalue weighted by Crippen LogP contribution is 2.36. The molecule has 2 aliphatic rings. The second-order valence-electron chi connectivity index (χ2n) is 6.29. The van der Waals surface area contributed by atoms with Crippen LogP contribution >= 0.6 is 11.3 Å². The molecule has 0 aromatic carbocycles. The van der Waals surface area contributed by atoms with Crippen LogP contribution in [0.25, 0.3) is 0 Å². The fraction of sp³-hybridized carbons (Fsp3) is 0.688. The number of carbonyl (C=O) groups excluding carboxylic acids is 1. The molecular formula is C16H21F2NOS. The van der Waals surface area contributed by atoms with Gasteiger partial charge in [0, 0.05) is 29.6 Å². The van der Waals surface area contributed by atoms with Crippen molar-refractivity contribution < 1.29 is 13.6 Å². The zero-order valence-corrected chi connectivity index (χ0v) is 12.9. The summed E-state index contributed by atoms with van der Waals surface area (Å²) < 4.78 is 26.7. The molecule has 1 heterocycles. The van der Waals surface area contributed by atoms with Gasteiger partial charge in [-0.2, -0.15) is 0 Å². The van der Waals surface area contributed by atoms with Crippen molar-refractivity contribution in [3.63, 3.8) is 0 Å². The van der Waals surface area contributed by atoms with Gasteiger partial charge in [-0.1, -0.05) is 0 Å². The van der Waals surface area contributed by atoms with Gasteiger partial charge in [0.1, 0.15) is 0 Å². The largest absolute Gasteiger partial charge is 0.352 e.